The van der Waals surface area contributed by atoms with Crippen LogP contribution in [0.15, 0.2) is 6.20 Å². The van der Waals surface area contributed by atoms with E-state index in [1.54, 1.807) is 5.43 Å². The second kappa shape index (κ2) is 5.52. The van der Waals surface area contributed by atoms with Crippen LogP contribution in [0.1, 0.15) is 0 Å². The van der Waals surface area contributed by atoms with Crippen LogP contribution in [0.5, 0.6) is 11.9 Å². The molecule has 0 radical (unpaired) electrons. The third-order valence-electron chi connectivity index (χ3n) is 1.73. The Kier molecular flexibility index (Phi) is 4.07. The van der Waals surface area contributed by atoms with E-state index in [1.807, 2.05) is 0 Å². The van der Waals surface area contributed by atoms with E-state index in [-0.39, 0.29) is 17.6 Å². The summed E-state index contributed by atoms with van der Waals surface area (Å²) in [6.45, 7) is 0. The van der Waals surface area contributed by atoms with Crippen molar-refractivity contribution in [2.75, 3.05) is 19.2 Å². The average Bonchev–Trinajstić information content (AvgIpc) is 2.34. The number of ether oxygens (including phenoxy) is 2. The fraction of sp³-hybridized carbons (Fsp3) is 0.250. The summed E-state index contributed by atoms with van der Waals surface area (Å²) >= 11 is 0. The molecule has 0 saturated carbocycles. The molecule has 1 aromatic rings. The molecule has 0 fully saturated rings. The average molecular weight is 258 g/mol. The molecule has 98 valence electrons. The normalized spacial score (nSPS) is 9.44. The summed E-state index contributed by atoms with van der Waals surface area (Å²) in [5.74, 6) is -0.155. The Balaban J connectivity index is 3.18. The summed E-state index contributed by atoms with van der Waals surface area (Å²) in [6.07, 6.45) is -2.07. The zero-order chi connectivity index (χ0) is 13.7. The Morgan fingerprint density at radius 3 is 2.44 bits per heavy atom. The first-order valence-corrected chi connectivity index (χ1v) is 4.47. The molecule has 0 spiro atoms. The molecule has 0 atom stereocenters. The molecule has 0 aliphatic rings. The monoisotopic (exact) mass is 258 g/mol. The molecule has 0 aromatic carbocycles. The second-order valence-electron chi connectivity index (χ2n) is 2.79. The smallest absolute Gasteiger partial charge is 0.431 e. The molecule has 1 rings (SSSR count). The van der Waals surface area contributed by atoms with E-state index in [4.69, 9.17) is 19.7 Å². The lowest BCUT2D eigenvalue weighted by Crippen LogP contribution is -2.45. The van der Waals surface area contributed by atoms with Crippen LogP contribution in [0.25, 0.3) is 0 Å². The van der Waals surface area contributed by atoms with Crippen molar-refractivity contribution >= 4 is 17.9 Å². The van der Waals surface area contributed by atoms with Gasteiger partial charge in [-0.1, -0.05) is 0 Å². The third-order valence-corrected chi connectivity index (χ3v) is 1.73. The van der Waals surface area contributed by atoms with Gasteiger partial charge in [0.2, 0.25) is 5.88 Å². The highest BCUT2D eigenvalue weighted by Gasteiger charge is 2.23. The number of anilines is 1. The highest BCUT2D eigenvalue weighted by molar-refractivity contribution is 5.90. The molecule has 10 nitrogen and oxygen atoms in total. The van der Waals surface area contributed by atoms with Crippen LogP contribution in [0, 0.1) is 0 Å². The van der Waals surface area contributed by atoms with Crippen molar-refractivity contribution in [3.05, 3.63) is 6.20 Å². The maximum Gasteiger partial charge on any atom is 0.431 e. The zero-order valence-corrected chi connectivity index (χ0v) is 9.45. The van der Waals surface area contributed by atoms with Crippen LogP contribution in [0.4, 0.5) is 15.3 Å². The number of hydrazine groups is 1. The summed E-state index contributed by atoms with van der Waals surface area (Å²) in [6, 6.07) is -0.0451. The Morgan fingerprint density at radius 2 is 2.00 bits per heavy atom. The van der Waals surface area contributed by atoms with Crippen molar-refractivity contribution < 1.29 is 29.3 Å². The Morgan fingerprint density at radius 1 is 1.33 bits per heavy atom. The number of carbonyl (C=O) groups is 2. The quantitative estimate of drug-likeness (QED) is 0.652. The second-order valence-corrected chi connectivity index (χ2v) is 2.79. The maximum atomic E-state index is 10.9. The summed E-state index contributed by atoms with van der Waals surface area (Å²) in [5.41, 5.74) is 1.47. The minimum Gasteiger partial charge on any atom is -0.479 e. The van der Waals surface area contributed by atoms with Crippen LogP contribution < -0.4 is 19.9 Å². The first-order valence-electron chi connectivity index (χ1n) is 4.47. The fourth-order valence-electron chi connectivity index (χ4n) is 1.05. The van der Waals surface area contributed by atoms with E-state index < -0.39 is 12.2 Å². The number of rotatable bonds is 3. The van der Waals surface area contributed by atoms with Crippen LogP contribution >= 0.6 is 0 Å². The summed E-state index contributed by atoms with van der Waals surface area (Å²) < 4.78 is 9.56. The van der Waals surface area contributed by atoms with Crippen molar-refractivity contribution in [3.8, 4) is 11.9 Å². The van der Waals surface area contributed by atoms with Gasteiger partial charge in [0.05, 0.1) is 20.4 Å². The predicted octanol–water partition coefficient (Wildman–Crippen LogP) is 0.161. The van der Waals surface area contributed by atoms with Gasteiger partial charge in [0.1, 0.15) is 0 Å². The summed E-state index contributed by atoms with van der Waals surface area (Å²) in [5, 5.41) is 17.7. The molecule has 0 aliphatic carbocycles. The molecule has 2 amide bonds. The van der Waals surface area contributed by atoms with E-state index >= 15 is 0 Å². The van der Waals surface area contributed by atoms with Gasteiger partial charge in [0, 0.05) is 0 Å². The van der Waals surface area contributed by atoms with Crippen LogP contribution in [-0.2, 0) is 0 Å². The summed E-state index contributed by atoms with van der Waals surface area (Å²) in [4.78, 5) is 28.8. The van der Waals surface area contributed by atoms with Crippen LogP contribution in [0.3, 0.4) is 0 Å². The number of hydrogen-bond donors (Lipinski definition) is 3. The van der Waals surface area contributed by atoms with Crippen LogP contribution in [-0.4, -0.2) is 46.6 Å². The van der Waals surface area contributed by atoms with Gasteiger partial charge in [-0.15, -0.1) is 0 Å². The predicted molar refractivity (Wildman–Crippen MR) is 56.8 cm³/mol. The van der Waals surface area contributed by atoms with Crippen molar-refractivity contribution in [3.63, 3.8) is 0 Å². The number of nitrogens with zero attached hydrogens (tertiary/aromatic N) is 3. The number of hydrogen-bond acceptors (Lipinski definition) is 6. The lowest BCUT2D eigenvalue weighted by molar-refractivity contribution is 0.180. The summed E-state index contributed by atoms with van der Waals surface area (Å²) in [7, 11) is 2.56. The van der Waals surface area contributed by atoms with Crippen LogP contribution in [0.2, 0.25) is 0 Å². The molecule has 3 N–H and O–H groups in total. The van der Waals surface area contributed by atoms with Crippen molar-refractivity contribution in [2.45, 2.75) is 0 Å². The molecule has 0 unspecified atom stereocenters. The van der Waals surface area contributed by atoms with E-state index in [0.29, 0.717) is 5.01 Å². The first-order chi connectivity index (χ1) is 8.49. The minimum absolute atomic E-state index is 0.0451. The van der Waals surface area contributed by atoms with Gasteiger partial charge in [-0.25, -0.2) is 20.0 Å². The van der Waals surface area contributed by atoms with E-state index in [9.17, 15) is 9.59 Å². The Labute approximate surface area is 101 Å². The molecular weight excluding hydrogens is 248 g/mol. The number of nitrogens with one attached hydrogen (secondary N) is 1. The van der Waals surface area contributed by atoms with Gasteiger partial charge in [-0.05, 0) is 0 Å². The number of methoxy groups -OCH3 is 2. The molecule has 0 bridgehead atoms. The largest absolute Gasteiger partial charge is 0.479 e. The molecule has 0 aliphatic heterocycles. The minimum atomic E-state index is -1.57. The Hall–Kier alpha value is -2.78. The standard InChI is InChI=1S/C8H10N4O6/c1-17-5-4(3-9-6(10-5)18-2)12(8(15)16)11-7(13)14/h3,11H,1-2H3,(H,13,14)(H,15,16). The number of amides is 2. The van der Waals surface area contributed by atoms with Gasteiger partial charge >= 0.3 is 18.2 Å². The fourth-order valence-corrected chi connectivity index (χ4v) is 1.05. The van der Waals surface area contributed by atoms with Gasteiger partial charge in [0.25, 0.3) is 0 Å². The highest BCUT2D eigenvalue weighted by Crippen LogP contribution is 2.25. The highest BCUT2D eigenvalue weighted by atomic mass is 16.5. The molecule has 18 heavy (non-hydrogen) atoms. The maximum absolute atomic E-state index is 10.9. The lowest BCUT2D eigenvalue weighted by Gasteiger charge is -2.19. The molecule has 1 heterocycles. The topological polar surface area (TPSA) is 134 Å². The first kappa shape index (κ1) is 13.3. The molecular formula is C8H10N4O6. The van der Waals surface area contributed by atoms with Gasteiger partial charge in [0.15, 0.2) is 5.69 Å². The van der Waals surface area contributed by atoms with Crippen molar-refractivity contribution in [1.82, 2.24) is 15.4 Å². The van der Waals surface area contributed by atoms with Gasteiger partial charge in [-0.2, -0.15) is 9.99 Å². The zero-order valence-electron chi connectivity index (χ0n) is 9.45. The lowest BCUT2D eigenvalue weighted by atomic mass is 10.5. The molecule has 1 aromatic heterocycles. The van der Waals surface area contributed by atoms with Crippen molar-refractivity contribution in [2.24, 2.45) is 0 Å². The van der Waals surface area contributed by atoms with Gasteiger partial charge < -0.3 is 19.7 Å². The Bertz CT molecular complexity index is 465. The van der Waals surface area contributed by atoms with E-state index in [2.05, 4.69) is 9.97 Å². The van der Waals surface area contributed by atoms with E-state index in [0.717, 1.165) is 6.20 Å². The number of aromatic nitrogens is 2. The van der Waals surface area contributed by atoms with E-state index in [1.165, 1.54) is 14.2 Å². The molecule has 10 heteroatoms. The van der Waals surface area contributed by atoms with Crippen molar-refractivity contribution in [1.29, 1.82) is 0 Å². The van der Waals surface area contributed by atoms with Gasteiger partial charge in [-0.3, -0.25) is 0 Å². The number of carboxylic acid groups (broad SMARTS) is 2. The SMILES string of the molecule is COc1ncc(N(NC(=O)O)C(=O)O)c(OC)n1. The molecule has 0 saturated heterocycles. The third kappa shape index (κ3) is 2.87.